The Kier molecular flexibility index (Phi) is 8.47. The van der Waals surface area contributed by atoms with Crippen LogP contribution in [0.15, 0.2) is 48.5 Å². The van der Waals surface area contributed by atoms with E-state index in [1.54, 1.807) is 0 Å². The molecule has 1 unspecified atom stereocenters. The Bertz CT molecular complexity index is 1030. The first-order chi connectivity index (χ1) is 16.5. The van der Waals surface area contributed by atoms with Crippen molar-refractivity contribution in [2.75, 3.05) is 20.6 Å². The van der Waals surface area contributed by atoms with Crippen molar-refractivity contribution in [3.63, 3.8) is 0 Å². The van der Waals surface area contributed by atoms with Crippen LogP contribution in [0.25, 0.3) is 0 Å². The molecule has 0 saturated heterocycles. The van der Waals surface area contributed by atoms with Gasteiger partial charge in [0, 0.05) is 42.3 Å². The molecule has 2 aromatic rings. The number of benzene rings is 2. The molecule has 1 fully saturated rings. The zero-order chi connectivity index (χ0) is 25.8. The third-order valence-corrected chi connectivity index (χ3v) is 7.63. The summed E-state index contributed by atoms with van der Waals surface area (Å²) in [5.41, 5.74) is 2.53. The highest BCUT2D eigenvalue weighted by Crippen LogP contribution is 2.65. The predicted molar refractivity (Wildman–Crippen MR) is 136 cm³/mol. The molecule has 0 aliphatic heterocycles. The Morgan fingerprint density at radius 1 is 1.11 bits per heavy atom. The van der Waals surface area contributed by atoms with E-state index in [1.807, 2.05) is 76.5 Å². The first-order valence-corrected chi connectivity index (χ1v) is 12.5. The molecular formula is C29H38F2N2O2. The topological polar surface area (TPSA) is 49.4 Å². The second-order valence-electron chi connectivity index (χ2n) is 10.3. The van der Waals surface area contributed by atoms with E-state index in [2.05, 4.69) is 10.2 Å². The Morgan fingerprint density at radius 2 is 1.77 bits per heavy atom. The molecular weight excluding hydrogens is 446 g/mol. The molecule has 2 aromatic carbocycles. The number of carbonyl (C=O) groups is 2. The molecule has 1 aliphatic carbocycles. The molecule has 0 radical (unpaired) electrons. The van der Waals surface area contributed by atoms with E-state index in [9.17, 15) is 18.4 Å². The quantitative estimate of drug-likeness (QED) is 0.388. The molecule has 0 bridgehead atoms. The molecule has 1 saturated carbocycles. The lowest BCUT2D eigenvalue weighted by atomic mass is 9.77. The predicted octanol–water partition coefficient (Wildman–Crippen LogP) is 5.79. The minimum atomic E-state index is -2.84. The summed E-state index contributed by atoms with van der Waals surface area (Å²) < 4.78 is 29.2. The van der Waals surface area contributed by atoms with Crippen LogP contribution in [0.5, 0.6) is 0 Å². The summed E-state index contributed by atoms with van der Waals surface area (Å²) in [7, 11) is 3.93. The number of halogens is 2. The summed E-state index contributed by atoms with van der Waals surface area (Å²) in [5, 5.41) is 3.01. The van der Waals surface area contributed by atoms with Gasteiger partial charge in [-0.25, -0.2) is 8.78 Å². The standard InChI is InChI=1S/C29H38F2N2O2/c1-6-26(34)23-13-12-22(20(2)16-23)17-24(33(4)5)19-32-27(35)18-25(21-10-8-7-9-11-21)29(14-15-29)28(3,30)31/h7-13,16,24-25H,6,14-15,17-19H2,1-5H3,(H,32,35)/t24-,25?/m0/s1. The lowest BCUT2D eigenvalue weighted by Crippen LogP contribution is -2.43. The van der Waals surface area contributed by atoms with E-state index in [0.717, 1.165) is 29.2 Å². The van der Waals surface area contributed by atoms with E-state index in [1.165, 1.54) is 0 Å². The normalized spacial score (nSPS) is 16.6. The molecule has 0 spiro atoms. The van der Waals surface area contributed by atoms with E-state index in [4.69, 9.17) is 0 Å². The number of nitrogens with zero attached hydrogens (tertiary/aromatic N) is 1. The van der Waals surface area contributed by atoms with E-state index < -0.39 is 17.3 Å². The van der Waals surface area contributed by atoms with E-state index >= 15 is 0 Å². The zero-order valence-electron chi connectivity index (χ0n) is 21.5. The zero-order valence-corrected chi connectivity index (χ0v) is 21.5. The van der Waals surface area contributed by atoms with Gasteiger partial charge in [0.2, 0.25) is 5.91 Å². The smallest absolute Gasteiger partial charge is 0.251 e. The van der Waals surface area contributed by atoms with Crippen LogP contribution in [0, 0.1) is 12.3 Å². The molecule has 2 atom stereocenters. The van der Waals surface area contributed by atoms with E-state index in [-0.39, 0.29) is 24.2 Å². The van der Waals surface area contributed by atoms with Crippen LogP contribution in [0.1, 0.15) is 72.5 Å². The maximum absolute atomic E-state index is 14.6. The van der Waals surface area contributed by atoms with Crippen molar-refractivity contribution in [1.82, 2.24) is 10.2 Å². The van der Waals surface area contributed by atoms with Crippen LogP contribution in [0.4, 0.5) is 8.78 Å². The van der Waals surface area contributed by atoms with Crippen LogP contribution >= 0.6 is 0 Å². The van der Waals surface area contributed by atoms with Gasteiger partial charge < -0.3 is 10.2 Å². The number of likely N-dealkylation sites (N-methyl/N-ethyl adjacent to an activating group) is 1. The SMILES string of the molecule is CCC(=O)c1ccc(C[C@@H](CNC(=O)CC(c2ccccc2)C2(C(C)(F)F)CC2)N(C)C)c(C)c1. The summed E-state index contributed by atoms with van der Waals surface area (Å²) in [4.78, 5) is 27.1. The van der Waals surface area contributed by atoms with Crippen LogP contribution in [0.3, 0.4) is 0 Å². The van der Waals surface area contributed by atoms with Gasteiger partial charge in [0.15, 0.2) is 5.78 Å². The monoisotopic (exact) mass is 484 g/mol. The summed E-state index contributed by atoms with van der Waals surface area (Å²) in [6.45, 7) is 5.25. The maximum atomic E-state index is 14.6. The third kappa shape index (κ3) is 6.35. The second kappa shape index (κ2) is 11.0. The molecule has 4 nitrogen and oxygen atoms in total. The van der Waals surface area contributed by atoms with Gasteiger partial charge in [0.05, 0.1) is 0 Å². The Balaban J connectivity index is 1.68. The first-order valence-electron chi connectivity index (χ1n) is 12.5. The van der Waals surface area contributed by atoms with Crippen molar-refractivity contribution in [3.8, 4) is 0 Å². The molecule has 35 heavy (non-hydrogen) atoms. The average Bonchev–Trinajstić information content (AvgIpc) is 3.63. The molecule has 0 aromatic heterocycles. The van der Waals surface area contributed by atoms with Crippen LogP contribution in [-0.4, -0.2) is 49.2 Å². The van der Waals surface area contributed by atoms with Gasteiger partial charge >= 0.3 is 0 Å². The largest absolute Gasteiger partial charge is 0.355 e. The van der Waals surface area contributed by atoms with Crippen molar-refractivity contribution in [1.29, 1.82) is 0 Å². The number of carbonyl (C=O) groups excluding carboxylic acids is 2. The number of hydrogen-bond acceptors (Lipinski definition) is 3. The van der Waals surface area contributed by atoms with Crippen molar-refractivity contribution in [3.05, 3.63) is 70.8 Å². The van der Waals surface area contributed by atoms with Gasteiger partial charge in [-0.15, -0.1) is 0 Å². The first kappa shape index (κ1) is 27.0. The highest BCUT2D eigenvalue weighted by Gasteiger charge is 2.63. The lowest BCUT2D eigenvalue weighted by Gasteiger charge is -2.32. The maximum Gasteiger partial charge on any atom is 0.251 e. The van der Waals surface area contributed by atoms with Crippen molar-refractivity contribution < 1.29 is 18.4 Å². The summed E-state index contributed by atoms with van der Waals surface area (Å²) >= 11 is 0. The Morgan fingerprint density at radius 3 is 2.29 bits per heavy atom. The van der Waals surface area contributed by atoms with Gasteiger partial charge in [-0.2, -0.15) is 0 Å². The molecule has 0 heterocycles. The van der Waals surface area contributed by atoms with Crippen LogP contribution < -0.4 is 5.32 Å². The van der Waals surface area contributed by atoms with Gasteiger partial charge in [0.25, 0.3) is 5.92 Å². The van der Waals surface area contributed by atoms with Crippen LogP contribution in [-0.2, 0) is 11.2 Å². The fourth-order valence-corrected chi connectivity index (χ4v) is 5.03. The van der Waals surface area contributed by atoms with E-state index in [0.29, 0.717) is 32.2 Å². The van der Waals surface area contributed by atoms with Crippen molar-refractivity contribution in [2.24, 2.45) is 5.41 Å². The van der Waals surface area contributed by atoms with Gasteiger partial charge in [-0.3, -0.25) is 9.59 Å². The average molecular weight is 485 g/mol. The minimum absolute atomic E-state index is 0.0306. The van der Waals surface area contributed by atoms with Gasteiger partial charge in [-0.05, 0) is 70.0 Å². The molecule has 6 heteroatoms. The number of ketones is 1. The highest BCUT2D eigenvalue weighted by molar-refractivity contribution is 5.96. The fourth-order valence-electron chi connectivity index (χ4n) is 5.03. The molecule has 3 rings (SSSR count). The number of alkyl halides is 2. The number of aryl methyl sites for hydroxylation is 1. The van der Waals surface area contributed by atoms with Crippen molar-refractivity contribution >= 4 is 11.7 Å². The lowest BCUT2D eigenvalue weighted by molar-refractivity contribution is -0.123. The summed E-state index contributed by atoms with van der Waals surface area (Å²) in [6.07, 6.45) is 2.08. The Hall–Kier alpha value is -2.60. The van der Waals surface area contributed by atoms with Crippen LogP contribution in [0.2, 0.25) is 0 Å². The number of Topliss-reactive ketones (excluding diaryl/α,β-unsaturated/α-hetero) is 1. The molecule has 190 valence electrons. The second-order valence-corrected chi connectivity index (χ2v) is 10.3. The number of hydrogen-bond donors (Lipinski definition) is 1. The number of nitrogens with one attached hydrogen (secondary N) is 1. The molecule has 1 N–H and O–H groups in total. The fraction of sp³-hybridized carbons (Fsp3) is 0.517. The molecule has 1 amide bonds. The number of amides is 1. The highest BCUT2D eigenvalue weighted by atomic mass is 19.3. The van der Waals surface area contributed by atoms with Gasteiger partial charge in [0.1, 0.15) is 0 Å². The summed E-state index contributed by atoms with van der Waals surface area (Å²) in [6, 6.07) is 15.1. The minimum Gasteiger partial charge on any atom is -0.355 e. The molecule has 1 aliphatic rings. The van der Waals surface area contributed by atoms with Gasteiger partial charge in [-0.1, -0.05) is 49.4 Å². The summed E-state index contributed by atoms with van der Waals surface area (Å²) in [5.74, 6) is -3.45. The van der Waals surface area contributed by atoms with Crippen molar-refractivity contribution in [2.45, 2.75) is 70.8 Å². The number of rotatable bonds is 12. The Labute approximate surface area is 208 Å². The third-order valence-electron chi connectivity index (χ3n) is 7.63.